The zero-order valence-corrected chi connectivity index (χ0v) is 15.6. The number of rotatable bonds is 4. The zero-order chi connectivity index (χ0) is 17.1. The number of nitrogens with one attached hydrogen (secondary N) is 1. The molecule has 1 N–H and O–H groups in total. The molecule has 4 rings (SSSR count). The Balaban J connectivity index is 1.48. The van der Waals surface area contributed by atoms with Crippen molar-refractivity contribution in [1.82, 2.24) is 4.98 Å². The van der Waals surface area contributed by atoms with Crippen molar-refractivity contribution in [2.45, 2.75) is 17.4 Å². The third-order valence-corrected chi connectivity index (χ3v) is 7.59. The van der Waals surface area contributed by atoms with Crippen LogP contribution in [-0.4, -0.2) is 35.5 Å². The Labute approximate surface area is 156 Å². The molecule has 1 amide bonds. The fourth-order valence-corrected chi connectivity index (χ4v) is 6.06. The monoisotopic (exact) mass is 371 g/mol. The molecule has 0 atom stereocenters. The van der Waals surface area contributed by atoms with Gasteiger partial charge in [-0.05, 0) is 42.7 Å². The van der Waals surface area contributed by atoms with Gasteiger partial charge in [0, 0.05) is 42.2 Å². The number of hydrogen-bond acceptors (Lipinski definition) is 5. The predicted octanol–water partition coefficient (Wildman–Crippen LogP) is 4.41. The molecule has 2 aliphatic heterocycles. The van der Waals surface area contributed by atoms with Gasteiger partial charge < -0.3 is 10.2 Å². The van der Waals surface area contributed by atoms with Gasteiger partial charge in [0.05, 0.1) is 4.58 Å². The summed E-state index contributed by atoms with van der Waals surface area (Å²) in [5.41, 5.74) is 3.66. The first-order valence-corrected chi connectivity index (χ1v) is 10.7. The Morgan fingerprint density at radius 3 is 2.72 bits per heavy atom. The number of anilines is 2. The minimum atomic E-state index is -0.148. The van der Waals surface area contributed by atoms with E-state index in [1.54, 1.807) is 6.20 Å². The number of nitrogens with zero attached hydrogens (tertiary/aromatic N) is 2. The van der Waals surface area contributed by atoms with Gasteiger partial charge in [0.1, 0.15) is 5.69 Å². The van der Waals surface area contributed by atoms with E-state index in [2.05, 4.69) is 27.3 Å². The second-order valence-corrected chi connectivity index (χ2v) is 8.97. The highest BCUT2D eigenvalue weighted by Gasteiger charge is 2.19. The van der Waals surface area contributed by atoms with Crippen molar-refractivity contribution >= 4 is 40.8 Å². The van der Waals surface area contributed by atoms with Crippen LogP contribution in [0, 0.1) is 0 Å². The first kappa shape index (κ1) is 16.8. The molecule has 2 saturated heterocycles. The van der Waals surface area contributed by atoms with Crippen molar-refractivity contribution in [2.75, 3.05) is 34.8 Å². The Bertz CT molecular complexity index is 756. The second kappa shape index (κ2) is 7.70. The lowest BCUT2D eigenvalue weighted by Gasteiger charge is -2.17. The fourth-order valence-electron chi connectivity index (χ4n) is 3.22. The second-order valence-electron chi connectivity index (χ2n) is 6.25. The quantitative estimate of drug-likeness (QED) is 0.862. The third-order valence-electron chi connectivity index (χ3n) is 4.49. The lowest BCUT2D eigenvalue weighted by Crippen LogP contribution is -2.19. The topological polar surface area (TPSA) is 45.2 Å². The van der Waals surface area contributed by atoms with Crippen LogP contribution < -0.4 is 10.2 Å². The molecule has 0 saturated carbocycles. The number of amides is 1. The van der Waals surface area contributed by atoms with Crippen LogP contribution in [0.1, 0.15) is 33.5 Å². The summed E-state index contributed by atoms with van der Waals surface area (Å²) >= 11 is 3.94. The molecular weight excluding hydrogens is 350 g/mol. The largest absolute Gasteiger partial charge is 0.371 e. The lowest BCUT2D eigenvalue weighted by molar-refractivity contribution is 0.102. The SMILES string of the molecule is O=C(Nc1cccc(C2SCCS2)c1)c1cc(N2CCCC2)ccn1. The highest BCUT2D eigenvalue weighted by molar-refractivity contribution is 8.19. The molecule has 2 fully saturated rings. The summed E-state index contributed by atoms with van der Waals surface area (Å²) in [6.07, 6.45) is 4.16. The summed E-state index contributed by atoms with van der Waals surface area (Å²) in [6, 6.07) is 12.1. The van der Waals surface area contributed by atoms with E-state index in [0.717, 1.165) is 24.5 Å². The summed E-state index contributed by atoms with van der Waals surface area (Å²) in [4.78, 5) is 19.2. The number of carbonyl (C=O) groups excluding carboxylic acids is 1. The summed E-state index contributed by atoms with van der Waals surface area (Å²) in [7, 11) is 0. The number of aromatic nitrogens is 1. The van der Waals surface area contributed by atoms with Gasteiger partial charge in [-0.25, -0.2) is 0 Å². The fraction of sp³-hybridized carbons (Fsp3) is 0.368. The maximum absolute atomic E-state index is 12.6. The summed E-state index contributed by atoms with van der Waals surface area (Å²) in [5.74, 6) is 2.24. The average Bonchev–Trinajstić information content (AvgIpc) is 3.36. The Kier molecular flexibility index (Phi) is 5.17. The molecule has 3 heterocycles. The van der Waals surface area contributed by atoms with E-state index in [1.807, 2.05) is 47.8 Å². The molecule has 0 spiro atoms. The lowest BCUT2D eigenvalue weighted by atomic mass is 10.2. The minimum Gasteiger partial charge on any atom is -0.371 e. The maximum atomic E-state index is 12.6. The minimum absolute atomic E-state index is 0.148. The van der Waals surface area contributed by atoms with Crippen LogP contribution >= 0.6 is 23.5 Å². The molecule has 0 aliphatic carbocycles. The molecule has 1 aromatic carbocycles. The first-order valence-electron chi connectivity index (χ1n) is 8.65. The Morgan fingerprint density at radius 1 is 1.12 bits per heavy atom. The number of carbonyl (C=O) groups is 1. The van der Waals surface area contributed by atoms with Crippen LogP contribution in [0.25, 0.3) is 0 Å². The van der Waals surface area contributed by atoms with Gasteiger partial charge >= 0.3 is 0 Å². The van der Waals surface area contributed by atoms with Crippen LogP contribution in [0.3, 0.4) is 0 Å². The molecule has 0 bridgehead atoms. The normalized spacial score (nSPS) is 17.8. The molecular formula is C19H21N3OS2. The third kappa shape index (κ3) is 3.96. The Morgan fingerprint density at radius 2 is 1.92 bits per heavy atom. The summed E-state index contributed by atoms with van der Waals surface area (Å²) in [5, 5.41) is 3.00. The van der Waals surface area contributed by atoms with E-state index in [4.69, 9.17) is 0 Å². The highest BCUT2D eigenvalue weighted by atomic mass is 32.2. The van der Waals surface area contributed by atoms with Gasteiger partial charge in [0.25, 0.3) is 5.91 Å². The molecule has 4 nitrogen and oxygen atoms in total. The smallest absolute Gasteiger partial charge is 0.274 e. The van der Waals surface area contributed by atoms with E-state index >= 15 is 0 Å². The highest BCUT2D eigenvalue weighted by Crippen LogP contribution is 2.45. The molecule has 6 heteroatoms. The molecule has 2 aliphatic rings. The molecule has 0 radical (unpaired) electrons. The van der Waals surface area contributed by atoms with Crippen LogP contribution in [0.2, 0.25) is 0 Å². The van der Waals surface area contributed by atoms with Crippen molar-refractivity contribution in [3.8, 4) is 0 Å². The number of hydrogen-bond donors (Lipinski definition) is 1. The van der Waals surface area contributed by atoms with Crippen LogP contribution in [0.5, 0.6) is 0 Å². The van der Waals surface area contributed by atoms with Crippen LogP contribution in [0.4, 0.5) is 11.4 Å². The molecule has 1 aromatic heterocycles. The van der Waals surface area contributed by atoms with Crippen molar-refractivity contribution in [3.63, 3.8) is 0 Å². The maximum Gasteiger partial charge on any atom is 0.274 e. The van der Waals surface area contributed by atoms with E-state index in [1.165, 1.54) is 29.9 Å². The van der Waals surface area contributed by atoms with Gasteiger partial charge in [0.2, 0.25) is 0 Å². The predicted molar refractivity (Wildman–Crippen MR) is 108 cm³/mol. The number of thioether (sulfide) groups is 2. The van der Waals surface area contributed by atoms with E-state index in [0.29, 0.717) is 10.3 Å². The van der Waals surface area contributed by atoms with Crippen LogP contribution in [0.15, 0.2) is 42.6 Å². The van der Waals surface area contributed by atoms with E-state index in [9.17, 15) is 4.79 Å². The standard InChI is InChI=1S/C19H21N3OS2/c23-18(17-13-16(6-7-20-17)22-8-1-2-9-22)21-15-5-3-4-14(12-15)19-24-10-11-25-19/h3-7,12-13,19H,1-2,8-11H2,(H,21,23). The zero-order valence-electron chi connectivity index (χ0n) is 14.0. The van der Waals surface area contributed by atoms with Crippen molar-refractivity contribution in [1.29, 1.82) is 0 Å². The van der Waals surface area contributed by atoms with Gasteiger partial charge in [0.15, 0.2) is 0 Å². The number of pyridine rings is 1. The summed E-state index contributed by atoms with van der Waals surface area (Å²) in [6.45, 7) is 2.12. The van der Waals surface area contributed by atoms with Gasteiger partial charge in [-0.1, -0.05) is 12.1 Å². The van der Waals surface area contributed by atoms with E-state index in [-0.39, 0.29) is 5.91 Å². The van der Waals surface area contributed by atoms with E-state index < -0.39 is 0 Å². The Hall–Kier alpha value is -1.66. The molecule has 0 unspecified atom stereocenters. The molecule has 25 heavy (non-hydrogen) atoms. The molecule has 130 valence electrons. The van der Waals surface area contributed by atoms with Crippen molar-refractivity contribution in [2.24, 2.45) is 0 Å². The first-order chi connectivity index (χ1) is 12.3. The van der Waals surface area contributed by atoms with Crippen molar-refractivity contribution in [3.05, 3.63) is 53.9 Å². The van der Waals surface area contributed by atoms with Crippen molar-refractivity contribution < 1.29 is 4.79 Å². The van der Waals surface area contributed by atoms with Gasteiger partial charge in [-0.2, -0.15) is 0 Å². The van der Waals surface area contributed by atoms with Crippen LogP contribution in [-0.2, 0) is 0 Å². The van der Waals surface area contributed by atoms with Gasteiger partial charge in [-0.15, -0.1) is 23.5 Å². The summed E-state index contributed by atoms with van der Waals surface area (Å²) < 4.78 is 0.480. The number of benzene rings is 1. The average molecular weight is 372 g/mol. The van der Waals surface area contributed by atoms with Gasteiger partial charge in [-0.3, -0.25) is 9.78 Å². The molecule has 2 aromatic rings.